The van der Waals surface area contributed by atoms with Crippen molar-refractivity contribution in [1.82, 2.24) is 10.1 Å². The van der Waals surface area contributed by atoms with Gasteiger partial charge in [0.1, 0.15) is 13.2 Å². The summed E-state index contributed by atoms with van der Waals surface area (Å²) in [4.78, 5) is 3.92. The molecule has 1 aliphatic heterocycles. The SMILES string of the molecule is Clc1nc(-c2ccc3c(c2)OCCO3)no1. The fraction of sp³-hybridized carbons (Fsp3) is 0.200. The van der Waals surface area contributed by atoms with Gasteiger partial charge in [0.2, 0.25) is 5.82 Å². The van der Waals surface area contributed by atoms with E-state index in [0.717, 1.165) is 11.3 Å². The molecule has 0 radical (unpaired) electrons. The standard InChI is InChI=1S/C10H7ClN2O3/c11-10-12-9(13-16-10)6-1-2-7-8(5-6)15-4-3-14-7/h1-2,5H,3-4H2. The van der Waals surface area contributed by atoms with E-state index in [4.69, 9.17) is 25.6 Å². The molecule has 82 valence electrons. The number of halogens is 1. The largest absolute Gasteiger partial charge is 0.486 e. The van der Waals surface area contributed by atoms with Gasteiger partial charge in [0.15, 0.2) is 11.5 Å². The van der Waals surface area contributed by atoms with Gasteiger partial charge in [-0.3, -0.25) is 0 Å². The minimum Gasteiger partial charge on any atom is -0.486 e. The first-order chi connectivity index (χ1) is 7.83. The van der Waals surface area contributed by atoms with Crippen molar-refractivity contribution in [2.45, 2.75) is 0 Å². The molecule has 0 saturated carbocycles. The summed E-state index contributed by atoms with van der Waals surface area (Å²) in [5.74, 6) is 1.84. The molecule has 0 aliphatic carbocycles. The molecular weight excluding hydrogens is 232 g/mol. The highest BCUT2D eigenvalue weighted by Gasteiger charge is 2.14. The fourth-order valence-corrected chi connectivity index (χ4v) is 1.62. The first kappa shape index (κ1) is 9.47. The number of aromatic nitrogens is 2. The van der Waals surface area contributed by atoms with E-state index in [2.05, 4.69) is 10.1 Å². The quantitative estimate of drug-likeness (QED) is 0.762. The van der Waals surface area contributed by atoms with Crippen LogP contribution in [0, 0.1) is 0 Å². The Morgan fingerprint density at radius 3 is 2.69 bits per heavy atom. The molecule has 0 N–H and O–H groups in total. The molecule has 0 atom stereocenters. The van der Waals surface area contributed by atoms with Crippen LogP contribution < -0.4 is 9.47 Å². The average molecular weight is 239 g/mol. The number of nitrogens with zero attached hydrogens (tertiary/aromatic N) is 2. The van der Waals surface area contributed by atoms with E-state index < -0.39 is 0 Å². The average Bonchev–Trinajstić information content (AvgIpc) is 2.75. The third kappa shape index (κ3) is 1.59. The van der Waals surface area contributed by atoms with Gasteiger partial charge in [-0.1, -0.05) is 5.16 Å². The Kier molecular flexibility index (Phi) is 2.18. The van der Waals surface area contributed by atoms with Gasteiger partial charge in [-0.25, -0.2) is 0 Å². The normalized spacial score (nSPS) is 13.8. The van der Waals surface area contributed by atoms with Crippen molar-refractivity contribution in [2.75, 3.05) is 13.2 Å². The Morgan fingerprint density at radius 1 is 1.12 bits per heavy atom. The summed E-state index contributed by atoms with van der Waals surface area (Å²) >= 11 is 5.56. The molecule has 1 aromatic heterocycles. The highest BCUT2D eigenvalue weighted by Crippen LogP contribution is 2.33. The van der Waals surface area contributed by atoms with Gasteiger partial charge in [0, 0.05) is 5.56 Å². The van der Waals surface area contributed by atoms with Gasteiger partial charge in [-0.05, 0) is 29.8 Å². The third-order valence-corrected chi connectivity index (χ3v) is 2.36. The van der Waals surface area contributed by atoms with Crippen LogP contribution in [0.2, 0.25) is 5.35 Å². The fourth-order valence-electron chi connectivity index (χ4n) is 1.50. The van der Waals surface area contributed by atoms with Crippen LogP contribution in [-0.4, -0.2) is 23.4 Å². The molecule has 2 aromatic rings. The minimum absolute atomic E-state index is 0.0184. The summed E-state index contributed by atoms with van der Waals surface area (Å²) in [5.41, 5.74) is 0.778. The maximum atomic E-state index is 5.56. The molecule has 0 bridgehead atoms. The van der Waals surface area contributed by atoms with E-state index in [1.165, 1.54) is 0 Å². The maximum Gasteiger partial charge on any atom is 0.320 e. The molecule has 1 aliphatic rings. The lowest BCUT2D eigenvalue weighted by Crippen LogP contribution is -2.15. The van der Waals surface area contributed by atoms with Crippen molar-refractivity contribution in [3.05, 3.63) is 23.5 Å². The van der Waals surface area contributed by atoms with Crippen molar-refractivity contribution in [3.8, 4) is 22.9 Å². The zero-order chi connectivity index (χ0) is 11.0. The van der Waals surface area contributed by atoms with Crippen LogP contribution in [0.4, 0.5) is 0 Å². The zero-order valence-corrected chi connectivity index (χ0v) is 8.90. The first-order valence-corrected chi connectivity index (χ1v) is 5.10. The lowest BCUT2D eigenvalue weighted by atomic mass is 10.2. The van der Waals surface area contributed by atoms with Gasteiger partial charge in [-0.15, -0.1) is 0 Å². The molecule has 2 heterocycles. The highest BCUT2D eigenvalue weighted by molar-refractivity contribution is 6.27. The topological polar surface area (TPSA) is 57.4 Å². The van der Waals surface area contributed by atoms with Gasteiger partial charge < -0.3 is 14.0 Å². The third-order valence-electron chi connectivity index (χ3n) is 2.20. The van der Waals surface area contributed by atoms with E-state index in [9.17, 15) is 0 Å². The van der Waals surface area contributed by atoms with E-state index in [-0.39, 0.29) is 5.35 Å². The van der Waals surface area contributed by atoms with Crippen molar-refractivity contribution in [2.24, 2.45) is 0 Å². The summed E-state index contributed by atoms with van der Waals surface area (Å²) < 4.78 is 15.5. The predicted molar refractivity (Wildman–Crippen MR) is 55.7 cm³/mol. The second-order valence-electron chi connectivity index (χ2n) is 3.23. The van der Waals surface area contributed by atoms with Crippen LogP contribution >= 0.6 is 11.6 Å². The number of fused-ring (bicyclic) bond motifs is 1. The molecule has 5 nitrogen and oxygen atoms in total. The highest BCUT2D eigenvalue weighted by atomic mass is 35.5. The van der Waals surface area contributed by atoms with E-state index in [0.29, 0.717) is 24.8 Å². The summed E-state index contributed by atoms with van der Waals surface area (Å²) in [7, 11) is 0. The molecular formula is C10H7ClN2O3. The van der Waals surface area contributed by atoms with Crippen LogP contribution in [0.5, 0.6) is 11.5 Å². The molecule has 16 heavy (non-hydrogen) atoms. The van der Waals surface area contributed by atoms with Gasteiger partial charge in [0.25, 0.3) is 0 Å². The number of ether oxygens (including phenoxy) is 2. The lowest BCUT2D eigenvalue weighted by Gasteiger charge is -2.18. The van der Waals surface area contributed by atoms with Crippen LogP contribution in [0.1, 0.15) is 0 Å². The van der Waals surface area contributed by atoms with Gasteiger partial charge in [0.05, 0.1) is 0 Å². The summed E-state index contributed by atoms with van der Waals surface area (Å²) in [6.07, 6.45) is 0. The van der Waals surface area contributed by atoms with Gasteiger partial charge in [-0.2, -0.15) is 4.98 Å². The molecule has 0 amide bonds. The maximum absolute atomic E-state index is 5.56. The molecule has 1 aromatic carbocycles. The molecule has 3 rings (SSSR count). The number of benzene rings is 1. The number of rotatable bonds is 1. The first-order valence-electron chi connectivity index (χ1n) is 4.72. The van der Waals surface area contributed by atoms with Crippen molar-refractivity contribution in [3.63, 3.8) is 0 Å². The Balaban J connectivity index is 2.02. The molecule has 6 heteroatoms. The second-order valence-corrected chi connectivity index (χ2v) is 3.55. The Hall–Kier alpha value is -1.75. The van der Waals surface area contributed by atoms with Crippen LogP contribution in [0.15, 0.2) is 22.7 Å². The van der Waals surface area contributed by atoms with Crippen molar-refractivity contribution in [1.29, 1.82) is 0 Å². The Morgan fingerprint density at radius 2 is 1.94 bits per heavy atom. The molecule has 0 spiro atoms. The molecule has 0 saturated heterocycles. The summed E-state index contributed by atoms with van der Waals surface area (Å²) in [6, 6.07) is 5.44. The van der Waals surface area contributed by atoms with E-state index in [1.54, 1.807) is 6.07 Å². The summed E-state index contributed by atoms with van der Waals surface area (Å²) in [5, 5.41) is 3.74. The Labute approximate surface area is 95.9 Å². The Bertz CT molecular complexity index is 527. The van der Waals surface area contributed by atoms with Crippen molar-refractivity contribution >= 4 is 11.6 Å². The summed E-state index contributed by atoms with van der Waals surface area (Å²) in [6.45, 7) is 1.11. The van der Waals surface area contributed by atoms with Crippen LogP contribution in [0.3, 0.4) is 0 Å². The molecule has 0 fully saturated rings. The predicted octanol–water partition coefficient (Wildman–Crippen LogP) is 2.16. The monoisotopic (exact) mass is 238 g/mol. The van der Waals surface area contributed by atoms with Gasteiger partial charge >= 0.3 is 5.35 Å². The zero-order valence-electron chi connectivity index (χ0n) is 8.14. The second kappa shape index (κ2) is 3.68. The van der Waals surface area contributed by atoms with Crippen LogP contribution in [0.25, 0.3) is 11.4 Å². The minimum atomic E-state index is 0.0184. The molecule has 0 unspecified atom stereocenters. The van der Waals surface area contributed by atoms with E-state index >= 15 is 0 Å². The smallest absolute Gasteiger partial charge is 0.320 e. The number of hydrogen-bond donors (Lipinski definition) is 0. The lowest BCUT2D eigenvalue weighted by molar-refractivity contribution is 0.171. The number of hydrogen-bond acceptors (Lipinski definition) is 5. The van der Waals surface area contributed by atoms with Crippen LogP contribution in [-0.2, 0) is 0 Å². The van der Waals surface area contributed by atoms with E-state index in [1.807, 2.05) is 12.1 Å². The van der Waals surface area contributed by atoms with Crippen molar-refractivity contribution < 1.29 is 14.0 Å².